The summed E-state index contributed by atoms with van der Waals surface area (Å²) in [7, 11) is -2.15. The molecule has 0 aromatic heterocycles. The molecule has 3 aromatic rings. The molecule has 0 fully saturated rings. The molecule has 3 rings (SSSR count). The van der Waals surface area contributed by atoms with Gasteiger partial charge >= 0.3 is 0 Å². The number of ether oxygens (including phenoxy) is 1. The van der Waals surface area contributed by atoms with Crippen LogP contribution in [-0.2, 0) is 32.6 Å². The molecule has 0 saturated carbocycles. The Bertz CT molecular complexity index is 1370. The Morgan fingerprint density at radius 3 is 2.07 bits per heavy atom. The molecule has 220 valence electrons. The van der Waals surface area contributed by atoms with E-state index in [4.69, 9.17) is 4.74 Å². The molecule has 0 aliphatic heterocycles. The number of carbonyl (C=O) groups is 2. The molecule has 0 heterocycles. The molecule has 2 atom stereocenters. The van der Waals surface area contributed by atoms with E-state index < -0.39 is 16.1 Å². The van der Waals surface area contributed by atoms with Crippen LogP contribution in [0, 0.1) is 0 Å². The summed E-state index contributed by atoms with van der Waals surface area (Å²) < 4.78 is 32.1. The van der Waals surface area contributed by atoms with Crippen molar-refractivity contribution >= 4 is 27.5 Å². The predicted molar refractivity (Wildman–Crippen MR) is 163 cm³/mol. The number of sulfonamides is 1. The number of methoxy groups -OCH3 is 1. The van der Waals surface area contributed by atoms with Gasteiger partial charge in [-0.2, -0.15) is 0 Å². The third kappa shape index (κ3) is 9.35. The first-order chi connectivity index (χ1) is 19.6. The SMILES string of the molecule is CC[C@@H](C)NC(=O)[C@@H](Cc1ccccc1)N(Cc1ccccc1)C(=O)CCCN(c1ccccc1OC)S(C)(=O)=O. The van der Waals surface area contributed by atoms with E-state index in [0.29, 0.717) is 17.9 Å². The Kier molecular flexibility index (Phi) is 11.8. The normalized spacial score (nSPS) is 12.7. The van der Waals surface area contributed by atoms with Gasteiger partial charge in [-0.15, -0.1) is 0 Å². The second-order valence-electron chi connectivity index (χ2n) is 10.1. The van der Waals surface area contributed by atoms with Gasteiger partial charge in [-0.3, -0.25) is 13.9 Å². The Morgan fingerprint density at radius 2 is 1.49 bits per heavy atom. The molecule has 0 radical (unpaired) electrons. The van der Waals surface area contributed by atoms with Crippen molar-refractivity contribution in [2.24, 2.45) is 0 Å². The van der Waals surface area contributed by atoms with Crippen molar-refractivity contribution in [2.75, 3.05) is 24.2 Å². The molecule has 0 unspecified atom stereocenters. The van der Waals surface area contributed by atoms with Crippen LogP contribution in [0.5, 0.6) is 5.75 Å². The van der Waals surface area contributed by atoms with Crippen LogP contribution < -0.4 is 14.4 Å². The lowest BCUT2D eigenvalue weighted by Gasteiger charge is -2.32. The highest BCUT2D eigenvalue weighted by atomic mass is 32.2. The quantitative estimate of drug-likeness (QED) is 0.279. The Morgan fingerprint density at radius 1 is 0.902 bits per heavy atom. The van der Waals surface area contributed by atoms with E-state index in [1.165, 1.54) is 11.4 Å². The molecule has 1 N–H and O–H groups in total. The second kappa shape index (κ2) is 15.2. The predicted octanol–water partition coefficient (Wildman–Crippen LogP) is 4.80. The van der Waals surface area contributed by atoms with Gasteiger partial charge in [-0.25, -0.2) is 8.42 Å². The standard InChI is InChI=1S/C32H41N3O5S/c1-5-25(2)33-32(37)29(23-26-15-8-6-9-16-26)34(24-27-17-10-7-11-18-27)31(36)21-14-22-35(41(4,38)39)28-19-12-13-20-30(28)40-3/h6-13,15-20,25,29H,5,14,21-24H2,1-4H3,(H,33,37)/t25-,29-/m1/s1. The molecule has 0 bridgehead atoms. The van der Waals surface area contributed by atoms with Gasteiger partial charge in [-0.05, 0) is 43.0 Å². The Labute approximate surface area is 244 Å². The van der Waals surface area contributed by atoms with Gasteiger partial charge in [0.25, 0.3) is 0 Å². The zero-order chi connectivity index (χ0) is 29.8. The van der Waals surface area contributed by atoms with Crippen LogP contribution in [0.2, 0.25) is 0 Å². The van der Waals surface area contributed by atoms with Gasteiger partial charge < -0.3 is 15.0 Å². The van der Waals surface area contributed by atoms with Gasteiger partial charge in [0.05, 0.1) is 19.1 Å². The maximum absolute atomic E-state index is 13.9. The highest BCUT2D eigenvalue weighted by Crippen LogP contribution is 2.30. The molecule has 0 aliphatic rings. The summed E-state index contributed by atoms with van der Waals surface area (Å²) >= 11 is 0. The van der Waals surface area contributed by atoms with Gasteiger partial charge in [0.15, 0.2) is 0 Å². The molecule has 0 saturated heterocycles. The van der Waals surface area contributed by atoms with Crippen LogP contribution in [-0.4, -0.2) is 57.1 Å². The van der Waals surface area contributed by atoms with E-state index in [0.717, 1.165) is 23.8 Å². The molecule has 41 heavy (non-hydrogen) atoms. The number of nitrogens with zero attached hydrogens (tertiary/aromatic N) is 2. The average Bonchev–Trinajstić information content (AvgIpc) is 2.97. The largest absolute Gasteiger partial charge is 0.495 e. The molecular weight excluding hydrogens is 538 g/mol. The highest BCUT2D eigenvalue weighted by molar-refractivity contribution is 7.92. The minimum Gasteiger partial charge on any atom is -0.495 e. The van der Waals surface area contributed by atoms with Gasteiger partial charge in [0.1, 0.15) is 11.8 Å². The number of para-hydroxylation sites is 2. The van der Waals surface area contributed by atoms with E-state index in [2.05, 4.69) is 5.32 Å². The Balaban J connectivity index is 1.88. The number of anilines is 1. The molecular formula is C32H41N3O5S. The summed E-state index contributed by atoms with van der Waals surface area (Å²) in [5.74, 6) is 0.00132. The van der Waals surface area contributed by atoms with E-state index in [9.17, 15) is 18.0 Å². The van der Waals surface area contributed by atoms with Gasteiger partial charge in [0, 0.05) is 32.0 Å². The molecule has 2 amide bonds. The van der Waals surface area contributed by atoms with Gasteiger partial charge in [0.2, 0.25) is 21.8 Å². The van der Waals surface area contributed by atoms with Crippen molar-refractivity contribution in [2.45, 2.75) is 58.2 Å². The number of hydrogen-bond acceptors (Lipinski definition) is 5. The lowest BCUT2D eigenvalue weighted by Crippen LogP contribution is -2.52. The smallest absolute Gasteiger partial charge is 0.243 e. The lowest BCUT2D eigenvalue weighted by atomic mass is 10.0. The van der Waals surface area contributed by atoms with Crippen molar-refractivity contribution in [1.82, 2.24) is 10.2 Å². The fraction of sp³-hybridized carbons (Fsp3) is 0.375. The fourth-order valence-corrected chi connectivity index (χ4v) is 5.56. The van der Waals surface area contributed by atoms with E-state index in [1.807, 2.05) is 74.5 Å². The number of benzene rings is 3. The minimum absolute atomic E-state index is 0.0429. The third-order valence-electron chi connectivity index (χ3n) is 6.97. The summed E-state index contributed by atoms with van der Waals surface area (Å²) in [6.45, 7) is 4.29. The van der Waals surface area contributed by atoms with Gasteiger partial charge in [-0.1, -0.05) is 79.7 Å². The van der Waals surface area contributed by atoms with E-state index in [-0.39, 0.29) is 43.8 Å². The number of amides is 2. The summed E-state index contributed by atoms with van der Waals surface area (Å²) in [6, 6.07) is 25.3. The minimum atomic E-state index is -3.64. The van der Waals surface area contributed by atoms with Crippen molar-refractivity contribution in [3.05, 3.63) is 96.1 Å². The second-order valence-corrected chi connectivity index (χ2v) is 12.0. The average molecular weight is 580 g/mol. The van der Waals surface area contributed by atoms with Crippen molar-refractivity contribution in [3.8, 4) is 5.75 Å². The Hall–Kier alpha value is -3.85. The summed E-state index contributed by atoms with van der Waals surface area (Å²) in [4.78, 5) is 29.1. The zero-order valence-electron chi connectivity index (χ0n) is 24.3. The lowest BCUT2D eigenvalue weighted by molar-refractivity contribution is -0.141. The van der Waals surface area contributed by atoms with Crippen molar-refractivity contribution in [3.63, 3.8) is 0 Å². The number of nitrogens with one attached hydrogen (secondary N) is 1. The molecule has 0 aliphatic carbocycles. The summed E-state index contributed by atoms with van der Waals surface area (Å²) in [5.41, 5.74) is 2.27. The van der Waals surface area contributed by atoms with Crippen LogP contribution in [0.1, 0.15) is 44.2 Å². The van der Waals surface area contributed by atoms with E-state index in [1.54, 1.807) is 29.2 Å². The van der Waals surface area contributed by atoms with Crippen molar-refractivity contribution in [1.29, 1.82) is 0 Å². The summed E-state index contributed by atoms with van der Waals surface area (Å²) in [5, 5.41) is 3.07. The third-order valence-corrected chi connectivity index (χ3v) is 8.15. The first kappa shape index (κ1) is 31.7. The zero-order valence-corrected chi connectivity index (χ0v) is 25.1. The monoisotopic (exact) mass is 579 g/mol. The van der Waals surface area contributed by atoms with E-state index >= 15 is 0 Å². The number of hydrogen-bond donors (Lipinski definition) is 1. The van der Waals surface area contributed by atoms with Crippen LogP contribution in [0.4, 0.5) is 5.69 Å². The maximum atomic E-state index is 13.9. The van der Waals surface area contributed by atoms with Crippen LogP contribution >= 0.6 is 0 Å². The molecule has 8 nitrogen and oxygen atoms in total. The van der Waals surface area contributed by atoms with Crippen LogP contribution in [0.25, 0.3) is 0 Å². The molecule has 3 aromatic carbocycles. The van der Waals surface area contributed by atoms with Crippen LogP contribution in [0.3, 0.4) is 0 Å². The molecule has 0 spiro atoms. The number of rotatable bonds is 15. The maximum Gasteiger partial charge on any atom is 0.243 e. The van der Waals surface area contributed by atoms with Crippen LogP contribution in [0.15, 0.2) is 84.9 Å². The highest BCUT2D eigenvalue weighted by Gasteiger charge is 2.31. The topological polar surface area (TPSA) is 96.0 Å². The fourth-order valence-electron chi connectivity index (χ4n) is 4.59. The first-order valence-electron chi connectivity index (χ1n) is 13.9. The first-order valence-corrected chi connectivity index (χ1v) is 15.8. The van der Waals surface area contributed by atoms with Crippen molar-refractivity contribution < 1.29 is 22.7 Å². The number of carbonyl (C=O) groups excluding carboxylic acids is 2. The molecule has 9 heteroatoms. The summed E-state index contributed by atoms with van der Waals surface area (Å²) in [6.07, 6.45) is 2.59.